The molecular weight excluding hydrogens is 1100 g/mol. The zero-order chi connectivity index (χ0) is 66.8. The number of nitrogens with zero attached hydrogens (tertiary/aromatic N) is 7. The summed E-state index contributed by atoms with van der Waals surface area (Å²) in [5.41, 5.74) is -0.369. The predicted octanol–water partition coefficient (Wildman–Crippen LogP) is 3.78. The van der Waals surface area contributed by atoms with Crippen molar-refractivity contribution in [3.05, 3.63) is 24.4 Å². The van der Waals surface area contributed by atoms with E-state index in [1.54, 1.807) is 74.5 Å². The third kappa shape index (κ3) is 20.6. The Hall–Kier alpha value is -6.39. The maximum absolute atomic E-state index is 15.2. The highest BCUT2D eigenvalue weighted by atomic mass is 16.3. The molecule has 5 N–H and O–H groups in total. The molecule has 1 saturated heterocycles. The number of aliphatic hydroxyl groups is 1. The molecule has 86 heavy (non-hydrogen) atoms. The number of carbonyl (C=O) groups excluding carboxylic acids is 11. The van der Waals surface area contributed by atoms with Crippen LogP contribution in [0, 0.1) is 41.4 Å². The summed E-state index contributed by atoms with van der Waals surface area (Å²) in [6, 6.07) is -12.6. The van der Waals surface area contributed by atoms with Gasteiger partial charge in [-0.1, -0.05) is 116 Å². The zero-order valence-corrected chi connectivity index (χ0v) is 56.6. The first kappa shape index (κ1) is 77.6. The third-order valence-electron chi connectivity index (χ3n) is 16.4. The van der Waals surface area contributed by atoms with Gasteiger partial charge >= 0.3 is 0 Å². The van der Waals surface area contributed by atoms with E-state index >= 15 is 9.59 Å². The molecule has 12 atom stereocenters. The van der Waals surface area contributed by atoms with Crippen molar-refractivity contribution in [2.45, 2.75) is 223 Å². The number of carbonyl (C=O) groups is 11. The van der Waals surface area contributed by atoms with E-state index in [1.807, 2.05) is 41.5 Å². The number of hydrogen-bond acceptors (Lipinski definition) is 12. The molecule has 1 aliphatic heterocycles. The SMILES string of the molecule is C=C1C(=O)N(C)[C@@H](C(C)C)C(=O)N[C@H](C(C)C)C(=O)N(C)[C@H](CCC(C)C)C(=O)N[C@H](C)C(=O)N[C@@H](C)C(=O)N(C)[C@H](CC(C)C)C(=O)N(C)[C@@H](CC(C)C)C(=O)N(C)[C@@H](C(C)C)C(=O)N(C)[C@@H]([C@H](O)[C@H](C)C/C=C/C)C(=O)N[C@@H](CC)C(=O)N1C. The summed E-state index contributed by atoms with van der Waals surface area (Å²) in [5.74, 6) is -10.4. The lowest BCUT2D eigenvalue weighted by Crippen LogP contribution is -2.63. The van der Waals surface area contributed by atoms with Crippen LogP contribution in [0.15, 0.2) is 24.4 Å². The molecule has 1 aliphatic rings. The van der Waals surface area contributed by atoms with Gasteiger partial charge in [-0.3, -0.25) is 52.7 Å². The van der Waals surface area contributed by atoms with Crippen LogP contribution in [-0.4, -0.2) is 220 Å². The Bertz CT molecular complexity index is 2410. The first-order valence-corrected chi connectivity index (χ1v) is 30.7. The van der Waals surface area contributed by atoms with Crippen LogP contribution in [0.25, 0.3) is 0 Å². The molecule has 0 aromatic carbocycles. The van der Waals surface area contributed by atoms with E-state index in [2.05, 4.69) is 27.8 Å². The minimum atomic E-state index is -1.64. The molecule has 23 heteroatoms. The molecule has 11 amide bonds. The fourth-order valence-electron chi connectivity index (χ4n) is 10.8. The maximum Gasteiger partial charge on any atom is 0.270 e. The van der Waals surface area contributed by atoms with Crippen molar-refractivity contribution in [3.63, 3.8) is 0 Å². The van der Waals surface area contributed by atoms with Gasteiger partial charge in [0.25, 0.3) is 5.91 Å². The molecule has 0 aromatic rings. The highest BCUT2D eigenvalue weighted by Gasteiger charge is 2.46. The van der Waals surface area contributed by atoms with Gasteiger partial charge in [-0.05, 0) is 101 Å². The maximum atomic E-state index is 15.2. The minimum Gasteiger partial charge on any atom is -0.390 e. The summed E-state index contributed by atoms with van der Waals surface area (Å²) in [4.78, 5) is 169. The Kier molecular flexibility index (Phi) is 31.4. The second-order valence-corrected chi connectivity index (χ2v) is 26.0. The molecule has 0 radical (unpaired) electrons. The molecular formula is C63H111N11O12. The number of rotatable bonds is 15. The van der Waals surface area contributed by atoms with E-state index in [0.29, 0.717) is 12.8 Å². The normalized spacial score (nSPS) is 26.8. The van der Waals surface area contributed by atoms with Gasteiger partial charge in [0.1, 0.15) is 66.1 Å². The lowest BCUT2D eigenvalue weighted by atomic mass is 9.91. The highest BCUT2D eigenvalue weighted by molar-refractivity contribution is 6.02. The number of allylic oxidation sites excluding steroid dienone is 2. The smallest absolute Gasteiger partial charge is 0.270 e. The Balaban J connectivity index is 4.36. The summed E-state index contributed by atoms with van der Waals surface area (Å²) in [6.45, 7) is 33.5. The average molecular weight is 1210 g/mol. The van der Waals surface area contributed by atoms with Crippen molar-refractivity contribution >= 4 is 65.0 Å². The van der Waals surface area contributed by atoms with Gasteiger partial charge in [-0.25, -0.2) is 0 Å². The Morgan fingerprint density at radius 1 is 0.488 bits per heavy atom. The van der Waals surface area contributed by atoms with Crippen molar-refractivity contribution in [1.29, 1.82) is 0 Å². The number of nitrogens with one attached hydrogen (secondary N) is 4. The van der Waals surface area contributed by atoms with Crippen LogP contribution in [-0.2, 0) is 52.7 Å². The standard InChI is InChI=1S/C63H111N11O12/c1-26-28-29-40(15)52(75)51-56(79)66-44(27-2)59(82)68(19)43(18)58(81)72(23)49(38(11)12)55(78)67-48(37(9)10)62(85)69(20)45(31-30-34(3)4)54(77)64-41(16)53(76)65-42(17)57(80)70(21)46(32-35(5)6)60(83)71(22)47(33-36(7)8)61(84)73(24)50(39(13)14)63(86)74(51)25/h26,28,34-42,44-52,75H,18,27,29-33H2,1-17,19-25H3,(H,64,77)(H,65,76)(H,66,79)(H,67,78)/b28-26+/t40-,41-,42+,44+,45-,46-,47+,48-,49+,50+,51+,52-/m1/s1. The highest BCUT2D eigenvalue weighted by Crippen LogP contribution is 2.26. The molecule has 1 rings (SSSR count). The first-order valence-electron chi connectivity index (χ1n) is 30.7. The van der Waals surface area contributed by atoms with E-state index in [1.165, 1.54) is 82.8 Å². The average Bonchev–Trinajstić information content (AvgIpc) is 1.87. The molecule has 23 nitrogen and oxygen atoms in total. The monoisotopic (exact) mass is 1210 g/mol. The minimum absolute atomic E-state index is 0.0265. The molecule has 0 unspecified atom stereocenters. The second-order valence-electron chi connectivity index (χ2n) is 26.0. The molecule has 1 fully saturated rings. The summed E-state index contributed by atoms with van der Waals surface area (Å²) < 4.78 is 0. The molecule has 490 valence electrons. The Morgan fingerprint density at radius 3 is 1.40 bits per heavy atom. The summed E-state index contributed by atoms with van der Waals surface area (Å²) in [6.07, 6.45) is 3.27. The first-order chi connectivity index (χ1) is 39.7. The fraction of sp³-hybridized carbons (Fsp3) is 0.762. The second kappa shape index (κ2) is 34.8. The van der Waals surface area contributed by atoms with Gasteiger partial charge in [0.2, 0.25) is 59.1 Å². The molecule has 0 bridgehead atoms. The van der Waals surface area contributed by atoms with Crippen LogP contribution in [0.3, 0.4) is 0 Å². The van der Waals surface area contributed by atoms with Gasteiger partial charge in [-0.15, -0.1) is 0 Å². The van der Waals surface area contributed by atoms with Crippen LogP contribution in [0.1, 0.15) is 156 Å². The lowest BCUT2D eigenvalue weighted by Gasteiger charge is -2.41. The van der Waals surface area contributed by atoms with Gasteiger partial charge in [0.05, 0.1) is 6.10 Å². The number of likely N-dealkylation sites (N-methyl/N-ethyl adjacent to an activating group) is 7. The van der Waals surface area contributed by atoms with E-state index in [0.717, 1.165) is 14.7 Å². The lowest BCUT2D eigenvalue weighted by molar-refractivity contribution is -0.157. The quantitative estimate of drug-likeness (QED) is 0.116. The molecule has 0 aliphatic carbocycles. The van der Waals surface area contributed by atoms with Crippen molar-refractivity contribution < 1.29 is 57.8 Å². The predicted molar refractivity (Wildman–Crippen MR) is 333 cm³/mol. The van der Waals surface area contributed by atoms with Crippen LogP contribution < -0.4 is 21.3 Å². The number of aliphatic hydroxyl groups excluding tert-OH is 1. The number of hydrogen-bond donors (Lipinski definition) is 5. The van der Waals surface area contributed by atoms with Crippen LogP contribution >= 0.6 is 0 Å². The van der Waals surface area contributed by atoms with Gasteiger partial charge < -0.3 is 60.7 Å². The topological polar surface area (TPSA) is 279 Å². The summed E-state index contributed by atoms with van der Waals surface area (Å²) in [5, 5.41) is 23.0. The van der Waals surface area contributed by atoms with Crippen LogP contribution in [0.4, 0.5) is 0 Å². The van der Waals surface area contributed by atoms with Crippen molar-refractivity contribution in [2.24, 2.45) is 41.4 Å². The van der Waals surface area contributed by atoms with Gasteiger partial charge in [0.15, 0.2) is 0 Å². The van der Waals surface area contributed by atoms with Crippen molar-refractivity contribution in [2.75, 3.05) is 49.3 Å². The number of amides is 11. The van der Waals surface area contributed by atoms with E-state index in [-0.39, 0.29) is 49.1 Å². The van der Waals surface area contributed by atoms with Crippen LogP contribution in [0.2, 0.25) is 0 Å². The van der Waals surface area contributed by atoms with Crippen molar-refractivity contribution in [1.82, 2.24) is 55.6 Å². The Labute approximate surface area is 514 Å². The van der Waals surface area contributed by atoms with E-state index in [9.17, 15) is 48.3 Å². The molecule has 0 aromatic heterocycles. The third-order valence-corrected chi connectivity index (χ3v) is 16.4. The molecule has 0 spiro atoms. The van der Waals surface area contributed by atoms with Gasteiger partial charge in [0, 0.05) is 49.3 Å². The zero-order valence-electron chi connectivity index (χ0n) is 56.6. The fourth-order valence-corrected chi connectivity index (χ4v) is 10.8. The van der Waals surface area contributed by atoms with E-state index in [4.69, 9.17) is 0 Å². The van der Waals surface area contributed by atoms with Crippen LogP contribution in [0.5, 0.6) is 0 Å². The van der Waals surface area contributed by atoms with Gasteiger partial charge in [-0.2, -0.15) is 0 Å². The molecule has 0 saturated carbocycles. The van der Waals surface area contributed by atoms with E-state index < -0.39 is 155 Å². The van der Waals surface area contributed by atoms with Crippen molar-refractivity contribution in [3.8, 4) is 0 Å². The Morgan fingerprint density at radius 2 is 0.942 bits per heavy atom. The summed E-state index contributed by atoms with van der Waals surface area (Å²) in [7, 11) is 9.74. The largest absolute Gasteiger partial charge is 0.390 e. The molecule has 1 heterocycles. The summed E-state index contributed by atoms with van der Waals surface area (Å²) >= 11 is 0.